The summed E-state index contributed by atoms with van der Waals surface area (Å²) in [7, 11) is 0. The first-order valence-corrected chi connectivity index (χ1v) is 8.20. The third-order valence-corrected chi connectivity index (χ3v) is 4.48. The highest BCUT2D eigenvalue weighted by Crippen LogP contribution is 2.26. The van der Waals surface area contributed by atoms with Gasteiger partial charge in [0.1, 0.15) is 6.33 Å². The molecule has 2 aromatic rings. The Morgan fingerprint density at radius 1 is 1.21 bits per heavy atom. The van der Waals surface area contributed by atoms with Crippen molar-refractivity contribution >= 4 is 5.91 Å². The van der Waals surface area contributed by atoms with Gasteiger partial charge < -0.3 is 14.4 Å². The third kappa shape index (κ3) is 2.90. The van der Waals surface area contributed by atoms with E-state index < -0.39 is 0 Å². The van der Waals surface area contributed by atoms with Crippen molar-refractivity contribution in [1.82, 2.24) is 25.1 Å². The highest BCUT2D eigenvalue weighted by Gasteiger charge is 2.36. The molecule has 2 saturated heterocycles. The van der Waals surface area contributed by atoms with Gasteiger partial charge in [0.05, 0.1) is 24.9 Å². The Kier molecular flexibility index (Phi) is 4.22. The number of carbonyl (C=O) groups excluding carboxylic acids is 1. The van der Waals surface area contributed by atoms with E-state index in [9.17, 15) is 4.79 Å². The molecule has 8 nitrogen and oxygen atoms in total. The number of aromatic nitrogens is 4. The van der Waals surface area contributed by atoms with Crippen molar-refractivity contribution < 1.29 is 14.3 Å². The van der Waals surface area contributed by atoms with E-state index >= 15 is 0 Å². The second-order valence-electron chi connectivity index (χ2n) is 5.98. The zero-order valence-corrected chi connectivity index (χ0v) is 13.2. The summed E-state index contributed by atoms with van der Waals surface area (Å²) < 4.78 is 12.8. The van der Waals surface area contributed by atoms with Gasteiger partial charge in [0.15, 0.2) is 6.29 Å². The molecule has 0 radical (unpaired) electrons. The van der Waals surface area contributed by atoms with Crippen LogP contribution in [0.4, 0.5) is 0 Å². The van der Waals surface area contributed by atoms with Crippen LogP contribution in [0, 0.1) is 0 Å². The predicted octanol–water partition coefficient (Wildman–Crippen LogP) is 1.03. The molecule has 8 heteroatoms. The number of tetrazole rings is 1. The maximum absolute atomic E-state index is 13.0. The molecule has 0 spiro atoms. The van der Waals surface area contributed by atoms with Crippen molar-refractivity contribution in [2.24, 2.45) is 0 Å². The second-order valence-corrected chi connectivity index (χ2v) is 5.98. The molecule has 1 aromatic heterocycles. The van der Waals surface area contributed by atoms with Gasteiger partial charge in [0.2, 0.25) is 0 Å². The maximum Gasteiger partial charge on any atom is 0.254 e. The van der Waals surface area contributed by atoms with Crippen molar-refractivity contribution in [2.45, 2.75) is 31.6 Å². The average molecular weight is 329 g/mol. The first kappa shape index (κ1) is 15.2. The van der Waals surface area contributed by atoms with E-state index in [4.69, 9.17) is 9.47 Å². The average Bonchev–Trinajstić information content (AvgIpc) is 3.35. The Labute approximate surface area is 139 Å². The molecule has 3 heterocycles. The van der Waals surface area contributed by atoms with Crippen molar-refractivity contribution in [2.75, 3.05) is 19.8 Å². The summed E-state index contributed by atoms with van der Waals surface area (Å²) >= 11 is 0. The molecule has 0 N–H and O–H groups in total. The summed E-state index contributed by atoms with van der Waals surface area (Å²) in [5.41, 5.74) is 1.38. The van der Waals surface area contributed by atoms with Crippen LogP contribution in [0.1, 0.15) is 29.6 Å². The quantitative estimate of drug-likeness (QED) is 0.836. The molecule has 0 unspecified atom stereocenters. The van der Waals surface area contributed by atoms with E-state index in [2.05, 4.69) is 15.5 Å². The van der Waals surface area contributed by atoms with Crippen molar-refractivity contribution in [3.63, 3.8) is 0 Å². The van der Waals surface area contributed by atoms with Gasteiger partial charge in [-0.2, -0.15) is 0 Å². The largest absolute Gasteiger partial charge is 0.348 e. The van der Waals surface area contributed by atoms with Crippen LogP contribution in [0.15, 0.2) is 30.6 Å². The summed E-state index contributed by atoms with van der Waals surface area (Å²) in [5, 5.41) is 11.1. The van der Waals surface area contributed by atoms with E-state index in [1.54, 1.807) is 6.07 Å². The normalized spacial score (nSPS) is 22.0. The fourth-order valence-electron chi connectivity index (χ4n) is 3.32. The lowest BCUT2D eigenvalue weighted by molar-refractivity contribution is -0.100. The number of ether oxygens (including phenoxy) is 2. The first-order valence-electron chi connectivity index (χ1n) is 8.20. The van der Waals surface area contributed by atoms with E-state index in [0.29, 0.717) is 18.8 Å². The Morgan fingerprint density at radius 2 is 2.08 bits per heavy atom. The molecule has 0 bridgehead atoms. The van der Waals surface area contributed by atoms with E-state index in [0.717, 1.165) is 31.5 Å². The van der Waals surface area contributed by atoms with Crippen LogP contribution in [0.5, 0.6) is 0 Å². The third-order valence-electron chi connectivity index (χ3n) is 4.48. The van der Waals surface area contributed by atoms with Gasteiger partial charge in [-0.3, -0.25) is 4.79 Å². The van der Waals surface area contributed by atoms with Crippen LogP contribution >= 0.6 is 0 Å². The number of amides is 1. The zero-order chi connectivity index (χ0) is 16.4. The zero-order valence-electron chi connectivity index (χ0n) is 13.2. The number of carbonyl (C=O) groups is 1. The van der Waals surface area contributed by atoms with Crippen LogP contribution in [-0.2, 0) is 9.47 Å². The Balaban J connectivity index is 1.58. The van der Waals surface area contributed by atoms with Gasteiger partial charge in [0, 0.05) is 12.1 Å². The van der Waals surface area contributed by atoms with Crippen molar-refractivity contribution in [3.8, 4) is 5.69 Å². The molecule has 2 aliphatic heterocycles. The summed E-state index contributed by atoms with van der Waals surface area (Å²) in [5.74, 6) is -0.00581. The van der Waals surface area contributed by atoms with Gasteiger partial charge in [0.25, 0.3) is 5.91 Å². The summed E-state index contributed by atoms with van der Waals surface area (Å²) in [6.45, 7) is 1.91. The summed E-state index contributed by atoms with van der Waals surface area (Å²) in [6.07, 6.45) is 4.19. The highest BCUT2D eigenvalue weighted by molar-refractivity contribution is 5.95. The Bertz CT molecular complexity index is 699. The Hall–Kier alpha value is -2.32. The molecule has 1 amide bonds. The van der Waals surface area contributed by atoms with E-state index in [1.807, 2.05) is 23.1 Å². The van der Waals surface area contributed by atoms with Crippen LogP contribution in [0.3, 0.4) is 0 Å². The van der Waals surface area contributed by atoms with Gasteiger partial charge >= 0.3 is 0 Å². The maximum atomic E-state index is 13.0. The second kappa shape index (κ2) is 6.66. The van der Waals surface area contributed by atoms with E-state index in [-0.39, 0.29) is 18.2 Å². The standard InChI is InChI=1S/C16H19N5O3/c22-15(12-4-3-5-13(10-12)21-11-17-18-19-21)20-7-2-1-6-14(20)16-23-8-9-24-16/h3-5,10-11,14,16H,1-2,6-9H2/t14-/m1/s1. The number of nitrogens with zero attached hydrogens (tertiary/aromatic N) is 5. The van der Waals surface area contributed by atoms with Gasteiger partial charge in [-0.05, 0) is 47.9 Å². The molecule has 0 aliphatic carbocycles. The lowest BCUT2D eigenvalue weighted by atomic mass is 10.00. The molecule has 1 atom stereocenters. The molecule has 1 aromatic carbocycles. The van der Waals surface area contributed by atoms with Crippen molar-refractivity contribution in [1.29, 1.82) is 0 Å². The number of hydrogen-bond donors (Lipinski definition) is 0. The van der Waals surface area contributed by atoms with Gasteiger partial charge in [-0.1, -0.05) is 6.07 Å². The lowest BCUT2D eigenvalue weighted by Gasteiger charge is -2.38. The molecule has 126 valence electrons. The van der Waals surface area contributed by atoms with Gasteiger partial charge in [-0.25, -0.2) is 4.68 Å². The molecule has 4 rings (SSSR count). The first-order chi connectivity index (χ1) is 11.8. The molecule has 2 aliphatic rings. The number of benzene rings is 1. The van der Waals surface area contributed by atoms with Gasteiger partial charge in [-0.15, -0.1) is 5.10 Å². The van der Waals surface area contributed by atoms with Crippen molar-refractivity contribution in [3.05, 3.63) is 36.2 Å². The predicted molar refractivity (Wildman–Crippen MR) is 83.5 cm³/mol. The summed E-state index contributed by atoms with van der Waals surface area (Å²) in [6, 6.07) is 7.31. The highest BCUT2D eigenvalue weighted by atomic mass is 16.7. The number of rotatable bonds is 3. The van der Waals surface area contributed by atoms with Crippen LogP contribution in [0.2, 0.25) is 0 Å². The number of piperidine rings is 1. The molecule has 24 heavy (non-hydrogen) atoms. The number of hydrogen-bond acceptors (Lipinski definition) is 6. The SMILES string of the molecule is O=C(c1cccc(-n2cnnn2)c1)N1CCCC[C@@H]1C1OCCO1. The molecular weight excluding hydrogens is 310 g/mol. The summed E-state index contributed by atoms with van der Waals surface area (Å²) in [4.78, 5) is 14.9. The monoisotopic (exact) mass is 329 g/mol. The minimum absolute atomic E-state index is 0.00581. The molecular formula is C16H19N5O3. The minimum atomic E-state index is -0.308. The topological polar surface area (TPSA) is 82.4 Å². The van der Waals surface area contributed by atoms with Crippen LogP contribution in [-0.4, -0.2) is 63.1 Å². The lowest BCUT2D eigenvalue weighted by Crippen LogP contribution is -2.50. The fraction of sp³-hybridized carbons (Fsp3) is 0.500. The molecule has 0 saturated carbocycles. The molecule has 2 fully saturated rings. The van der Waals surface area contributed by atoms with Crippen LogP contribution < -0.4 is 0 Å². The van der Waals surface area contributed by atoms with Crippen LogP contribution in [0.25, 0.3) is 5.69 Å². The smallest absolute Gasteiger partial charge is 0.254 e. The fourth-order valence-corrected chi connectivity index (χ4v) is 3.32. The minimum Gasteiger partial charge on any atom is -0.348 e. The Morgan fingerprint density at radius 3 is 2.88 bits per heavy atom. The number of likely N-dealkylation sites (tertiary alicyclic amines) is 1. The van der Waals surface area contributed by atoms with E-state index in [1.165, 1.54) is 11.0 Å².